The van der Waals surface area contributed by atoms with Crippen molar-refractivity contribution in [2.24, 2.45) is 0 Å². The first-order valence-corrected chi connectivity index (χ1v) is 6.12. The number of nitrogens with one attached hydrogen (secondary N) is 1. The van der Waals surface area contributed by atoms with Gasteiger partial charge < -0.3 is 10.1 Å². The molecule has 0 aromatic heterocycles. The summed E-state index contributed by atoms with van der Waals surface area (Å²) in [6.45, 7) is 10.7. The molecule has 1 unspecified atom stereocenters. The summed E-state index contributed by atoms with van der Waals surface area (Å²) < 4.78 is 5.47. The van der Waals surface area contributed by atoms with Crippen molar-refractivity contribution >= 4 is 0 Å². The normalized spacial score (nSPS) is 24.0. The average Bonchev–Trinajstić information content (AvgIpc) is 2.27. The SMILES string of the molecule is CCOCC(C)N1CCC(C)(NC)CC1. The van der Waals surface area contributed by atoms with Crippen molar-refractivity contribution in [2.45, 2.75) is 45.2 Å². The molecule has 3 heteroatoms. The second kappa shape index (κ2) is 5.83. The summed E-state index contributed by atoms with van der Waals surface area (Å²) in [6, 6.07) is 0.561. The third-order valence-corrected chi connectivity index (χ3v) is 3.69. The van der Waals surface area contributed by atoms with E-state index in [2.05, 4.69) is 38.0 Å². The number of ether oxygens (including phenoxy) is 1. The van der Waals surface area contributed by atoms with Gasteiger partial charge in [-0.25, -0.2) is 0 Å². The van der Waals surface area contributed by atoms with Gasteiger partial charge in [0.1, 0.15) is 0 Å². The Morgan fingerprint density at radius 2 is 2.00 bits per heavy atom. The molecular weight excluding hydrogens is 188 g/mol. The highest BCUT2D eigenvalue weighted by molar-refractivity contribution is 4.89. The van der Waals surface area contributed by atoms with Crippen molar-refractivity contribution in [1.82, 2.24) is 10.2 Å². The average molecular weight is 214 g/mol. The Bertz CT molecular complexity index is 176. The predicted octanol–water partition coefficient (Wildman–Crippen LogP) is 1.49. The molecule has 0 aliphatic carbocycles. The minimum atomic E-state index is 0.349. The van der Waals surface area contributed by atoms with Gasteiger partial charge in [-0.2, -0.15) is 0 Å². The summed E-state index contributed by atoms with van der Waals surface area (Å²) in [5.41, 5.74) is 0.349. The lowest BCUT2D eigenvalue weighted by atomic mass is 9.89. The van der Waals surface area contributed by atoms with Crippen LogP contribution in [0.25, 0.3) is 0 Å². The highest BCUT2D eigenvalue weighted by Crippen LogP contribution is 2.22. The molecule has 1 aliphatic heterocycles. The maximum absolute atomic E-state index is 5.47. The van der Waals surface area contributed by atoms with Gasteiger partial charge in [-0.15, -0.1) is 0 Å². The third kappa shape index (κ3) is 3.74. The van der Waals surface area contributed by atoms with Crippen molar-refractivity contribution in [3.8, 4) is 0 Å². The quantitative estimate of drug-likeness (QED) is 0.750. The van der Waals surface area contributed by atoms with E-state index < -0.39 is 0 Å². The molecule has 15 heavy (non-hydrogen) atoms. The number of rotatable bonds is 5. The molecule has 0 radical (unpaired) electrons. The van der Waals surface area contributed by atoms with E-state index >= 15 is 0 Å². The molecule has 0 spiro atoms. The molecular formula is C12H26N2O. The van der Waals surface area contributed by atoms with Crippen LogP contribution in [0.2, 0.25) is 0 Å². The summed E-state index contributed by atoms with van der Waals surface area (Å²) in [5.74, 6) is 0. The lowest BCUT2D eigenvalue weighted by Gasteiger charge is -2.41. The molecule has 0 saturated carbocycles. The Labute approximate surface area is 94.2 Å². The monoisotopic (exact) mass is 214 g/mol. The van der Waals surface area contributed by atoms with E-state index in [9.17, 15) is 0 Å². The molecule has 0 bridgehead atoms. The molecule has 90 valence electrons. The largest absolute Gasteiger partial charge is 0.380 e. The smallest absolute Gasteiger partial charge is 0.0618 e. The summed E-state index contributed by atoms with van der Waals surface area (Å²) in [4.78, 5) is 2.54. The number of hydrogen-bond donors (Lipinski definition) is 1. The van der Waals surface area contributed by atoms with Crippen LogP contribution in [0.3, 0.4) is 0 Å². The number of hydrogen-bond acceptors (Lipinski definition) is 3. The highest BCUT2D eigenvalue weighted by atomic mass is 16.5. The summed E-state index contributed by atoms with van der Waals surface area (Å²) >= 11 is 0. The maximum atomic E-state index is 5.47. The third-order valence-electron chi connectivity index (χ3n) is 3.69. The number of nitrogens with zero attached hydrogens (tertiary/aromatic N) is 1. The Morgan fingerprint density at radius 1 is 1.40 bits per heavy atom. The maximum Gasteiger partial charge on any atom is 0.0618 e. The van der Waals surface area contributed by atoms with Crippen molar-refractivity contribution in [3.63, 3.8) is 0 Å². The van der Waals surface area contributed by atoms with Crippen LogP contribution in [-0.2, 0) is 4.74 Å². The zero-order valence-corrected chi connectivity index (χ0v) is 10.7. The minimum Gasteiger partial charge on any atom is -0.380 e. The van der Waals surface area contributed by atoms with Gasteiger partial charge in [0, 0.05) is 31.3 Å². The standard InChI is InChI=1S/C12H26N2O/c1-5-15-10-11(2)14-8-6-12(3,13-4)7-9-14/h11,13H,5-10H2,1-4H3. The van der Waals surface area contributed by atoms with Gasteiger partial charge in [-0.3, -0.25) is 4.90 Å². The van der Waals surface area contributed by atoms with Gasteiger partial charge in [-0.1, -0.05) is 0 Å². The zero-order valence-electron chi connectivity index (χ0n) is 10.7. The fourth-order valence-electron chi connectivity index (χ4n) is 2.10. The fraction of sp³-hybridized carbons (Fsp3) is 1.00. The van der Waals surface area contributed by atoms with Gasteiger partial charge in [0.2, 0.25) is 0 Å². The van der Waals surface area contributed by atoms with Gasteiger partial charge in [0.25, 0.3) is 0 Å². The van der Waals surface area contributed by atoms with Crippen molar-refractivity contribution in [3.05, 3.63) is 0 Å². The zero-order chi connectivity index (χ0) is 11.3. The summed E-state index contributed by atoms with van der Waals surface area (Å²) in [6.07, 6.45) is 2.47. The van der Waals surface area contributed by atoms with Crippen LogP contribution in [0.15, 0.2) is 0 Å². The molecule has 0 aromatic carbocycles. The molecule has 1 aliphatic rings. The van der Waals surface area contributed by atoms with Crippen molar-refractivity contribution in [2.75, 3.05) is 33.4 Å². The van der Waals surface area contributed by atoms with E-state index in [0.29, 0.717) is 11.6 Å². The van der Waals surface area contributed by atoms with Crippen LogP contribution in [-0.4, -0.2) is 49.8 Å². The van der Waals surface area contributed by atoms with Crippen LogP contribution in [0.5, 0.6) is 0 Å². The summed E-state index contributed by atoms with van der Waals surface area (Å²) in [5, 5.41) is 3.43. The van der Waals surface area contributed by atoms with E-state index in [4.69, 9.17) is 4.74 Å². The molecule has 1 saturated heterocycles. The fourth-order valence-corrected chi connectivity index (χ4v) is 2.10. The van der Waals surface area contributed by atoms with Crippen LogP contribution in [0.1, 0.15) is 33.6 Å². The van der Waals surface area contributed by atoms with E-state index in [1.165, 1.54) is 25.9 Å². The van der Waals surface area contributed by atoms with Crippen LogP contribution in [0, 0.1) is 0 Å². The second-order valence-electron chi connectivity index (χ2n) is 4.86. The lowest BCUT2D eigenvalue weighted by molar-refractivity contribution is 0.0477. The van der Waals surface area contributed by atoms with E-state index in [1.807, 2.05) is 0 Å². The first-order chi connectivity index (χ1) is 7.11. The van der Waals surface area contributed by atoms with E-state index in [1.54, 1.807) is 0 Å². The Kier molecular flexibility index (Phi) is 5.03. The van der Waals surface area contributed by atoms with Crippen LogP contribution >= 0.6 is 0 Å². The Balaban J connectivity index is 2.30. The summed E-state index contributed by atoms with van der Waals surface area (Å²) in [7, 11) is 2.07. The molecule has 1 N–H and O–H groups in total. The highest BCUT2D eigenvalue weighted by Gasteiger charge is 2.29. The first kappa shape index (κ1) is 12.9. The molecule has 0 amide bonds. The molecule has 1 heterocycles. The molecule has 1 atom stereocenters. The lowest BCUT2D eigenvalue weighted by Crippen LogP contribution is -2.52. The van der Waals surface area contributed by atoms with Crippen molar-refractivity contribution < 1.29 is 4.74 Å². The van der Waals surface area contributed by atoms with E-state index in [0.717, 1.165) is 13.2 Å². The van der Waals surface area contributed by atoms with Crippen LogP contribution < -0.4 is 5.32 Å². The number of likely N-dealkylation sites (tertiary alicyclic amines) is 1. The van der Waals surface area contributed by atoms with Gasteiger partial charge in [0.05, 0.1) is 6.61 Å². The van der Waals surface area contributed by atoms with Gasteiger partial charge >= 0.3 is 0 Å². The molecule has 3 nitrogen and oxygen atoms in total. The first-order valence-electron chi connectivity index (χ1n) is 6.12. The van der Waals surface area contributed by atoms with Gasteiger partial charge in [0.15, 0.2) is 0 Å². The number of piperidine rings is 1. The molecule has 0 aromatic rings. The minimum absolute atomic E-state index is 0.349. The van der Waals surface area contributed by atoms with Gasteiger partial charge in [-0.05, 0) is 40.7 Å². The topological polar surface area (TPSA) is 24.5 Å². The van der Waals surface area contributed by atoms with E-state index in [-0.39, 0.29) is 0 Å². The predicted molar refractivity (Wildman–Crippen MR) is 64.2 cm³/mol. The van der Waals surface area contributed by atoms with Crippen molar-refractivity contribution in [1.29, 1.82) is 0 Å². The van der Waals surface area contributed by atoms with Crippen LogP contribution in [0.4, 0.5) is 0 Å². The Morgan fingerprint density at radius 3 is 2.47 bits per heavy atom. The molecule has 1 rings (SSSR count). The molecule has 1 fully saturated rings. The second-order valence-corrected chi connectivity index (χ2v) is 4.86. The Hall–Kier alpha value is -0.120.